The van der Waals surface area contributed by atoms with Crippen molar-refractivity contribution in [2.24, 2.45) is 0 Å². The van der Waals surface area contributed by atoms with Gasteiger partial charge in [-0.3, -0.25) is 0 Å². The molecule has 1 aromatic carbocycles. The SMILES string of the molecule is N=S(=O)(OC1O[C@H](CO)[C@@H](O)[C@H](O)[C@H]1O)c1ccc(N)cc1. The van der Waals surface area contributed by atoms with Crippen LogP contribution in [0.5, 0.6) is 0 Å². The van der Waals surface area contributed by atoms with E-state index in [1.54, 1.807) is 0 Å². The van der Waals surface area contributed by atoms with Gasteiger partial charge in [0.15, 0.2) is 10.0 Å². The van der Waals surface area contributed by atoms with Crippen molar-refractivity contribution in [3.63, 3.8) is 0 Å². The van der Waals surface area contributed by atoms with E-state index in [2.05, 4.69) is 0 Å². The van der Waals surface area contributed by atoms with Gasteiger partial charge in [0, 0.05) is 5.69 Å². The zero-order valence-electron chi connectivity index (χ0n) is 11.4. The summed E-state index contributed by atoms with van der Waals surface area (Å²) in [6.45, 7) is -0.647. The molecule has 10 heteroatoms. The topological polar surface area (TPSA) is 166 Å². The Balaban J connectivity index is 2.19. The van der Waals surface area contributed by atoms with Crippen molar-refractivity contribution in [3.8, 4) is 0 Å². The molecule has 124 valence electrons. The molecule has 1 saturated heterocycles. The second-order valence-corrected chi connectivity index (χ2v) is 6.54. The molecule has 6 atom stereocenters. The fourth-order valence-corrected chi connectivity index (χ4v) is 3.01. The molecular weight excluding hydrogens is 316 g/mol. The maximum Gasteiger partial charge on any atom is 0.203 e. The van der Waals surface area contributed by atoms with Crippen LogP contribution in [0.2, 0.25) is 0 Å². The lowest BCUT2D eigenvalue weighted by atomic mass is 10.00. The van der Waals surface area contributed by atoms with Crippen LogP contribution in [0.25, 0.3) is 0 Å². The summed E-state index contributed by atoms with van der Waals surface area (Å²) >= 11 is 0. The van der Waals surface area contributed by atoms with Crippen molar-refractivity contribution < 1.29 is 33.6 Å². The van der Waals surface area contributed by atoms with Gasteiger partial charge in [-0.05, 0) is 24.3 Å². The number of aliphatic hydroxyl groups excluding tert-OH is 4. The summed E-state index contributed by atoms with van der Waals surface area (Å²) in [5, 5.41) is 38.1. The second-order valence-electron chi connectivity index (χ2n) is 4.87. The Bertz CT molecular complexity index is 604. The first-order valence-corrected chi connectivity index (χ1v) is 7.87. The average Bonchev–Trinajstić information content (AvgIpc) is 2.48. The van der Waals surface area contributed by atoms with Crippen LogP contribution in [0.4, 0.5) is 5.69 Å². The van der Waals surface area contributed by atoms with Gasteiger partial charge in [0.2, 0.25) is 6.29 Å². The maximum atomic E-state index is 12.3. The highest BCUT2D eigenvalue weighted by Gasteiger charge is 2.45. The number of hydrogen-bond acceptors (Lipinski definition) is 9. The van der Waals surface area contributed by atoms with Crippen molar-refractivity contribution in [2.45, 2.75) is 35.6 Å². The van der Waals surface area contributed by atoms with Crippen molar-refractivity contribution in [3.05, 3.63) is 24.3 Å². The van der Waals surface area contributed by atoms with Gasteiger partial charge in [-0.2, -0.15) is 0 Å². The number of nitrogen functional groups attached to an aromatic ring is 1. The Labute approximate surface area is 127 Å². The fourth-order valence-electron chi connectivity index (χ4n) is 1.98. The molecule has 1 aromatic rings. The molecule has 1 heterocycles. The first kappa shape index (κ1) is 17.1. The molecular formula is C12H18N2O7S. The summed E-state index contributed by atoms with van der Waals surface area (Å²) in [4.78, 5) is -0.00124. The van der Waals surface area contributed by atoms with Gasteiger partial charge in [-0.25, -0.2) is 13.2 Å². The summed E-state index contributed by atoms with van der Waals surface area (Å²) in [7, 11) is -3.80. The lowest BCUT2D eigenvalue weighted by Gasteiger charge is -2.39. The third-order valence-electron chi connectivity index (χ3n) is 3.27. The smallest absolute Gasteiger partial charge is 0.203 e. The summed E-state index contributed by atoms with van der Waals surface area (Å²) in [5.41, 5.74) is 5.91. The Morgan fingerprint density at radius 1 is 1.18 bits per heavy atom. The normalized spacial score (nSPS) is 35.0. The second kappa shape index (κ2) is 6.46. The van der Waals surface area contributed by atoms with E-state index in [4.69, 9.17) is 24.5 Å². The highest BCUT2D eigenvalue weighted by Crippen LogP contribution is 2.26. The number of ether oxygens (including phenoxy) is 1. The Kier molecular flexibility index (Phi) is 5.02. The summed E-state index contributed by atoms with van der Waals surface area (Å²) < 4.78 is 30.1. The number of rotatable bonds is 4. The third-order valence-corrected chi connectivity index (χ3v) is 4.62. The summed E-state index contributed by atoms with van der Waals surface area (Å²) in [6, 6.07) is 5.52. The molecule has 9 nitrogen and oxygen atoms in total. The average molecular weight is 334 g/mol. The van der Waals surface area contributed by atoms with Gasteiger partial charge in [-0.15, -0.1) is 0 Å². The highest BCUT2D eigenvalue weighted by molar-refractivity contribution is 7.87. The fraction of sp³-hybridized carbons (Fsp3) is 0.500. The lowest BCUT2D eigenvalue weighted by Crippen LogP contribution is -2.59. The predicted molar refractivity (Wildman–Crippen MR) is 74.8 cm³/mol. The molecule has 0 bridgehead atoms. The van der Waals surface area contributed by atoms with Crippen LogP contribution in [0.3, 0.4) is 0 Å². The van der Waals surface area contributed by atoms with E-state index in [0.29, 0.717) is 5.69 Å². The van der Waals surface area contributed by atoms with E-state index in [9.17, 15) is 19.5 Å². The van der Waals surface area contributed by atoms with Gasteiger partial charge in [0.05, 0.1) is 11.5 Å². The zero-order valence-corrected chi connectivity index (χ0v) is 12.2. The Morgan fingerprint density at radius 3 is 2.32 bits per heavy atom. The van der Waals surface area contributed by atoms with Crippen LogP contribution in [-0.4, -0.2) is 61.9 Å². The number of benzene rings is 1. The van der Waals surface area contributed by atoms with Crippen molar-refractivity contribution in [1.29, 1.82) is 4.78 Å². The van der Waals surface area contributed by atoms with Crippen LogP contribution in [0, 0.1) is 4.78 Å². The van der Waals surface area contributed by atoms with Crippen molar-refractivity contribution in [2.75, 3.05) is 12.3 Å². The van der Waals surface area contributed by atoms with E-state index in [0.717, 1.165) is 0 Å². The predicted octanol–water partition coefficient (Wildman–Crippen LogP) is -1.59. The van der Waals surface area contributed by atoms with Gasteiger partial charge in [0.25, 0.3) is 0 Å². The number of anilines is 1. The van der Waals surface area contributed by atoms with E-state index in [-0.39, 0.29) is 4.90 Å². The molecule has 0 radical (unpaired) electrons. The van der Waals surface area contributed by atoms with E-state index >= 15 is 0 Å². The van der Waals surface area contributed by atoms with E-state index < -0.39 is 47.3 Å². The number of hydrogen-bond donors (Lipinski definition) is 6. The molecule has 2 unspecified atom stereocenters. The molecule has 0 saturated carbocycles. The third kappa shape index (κ3) is 3.38. The number of nitrogens with two attached hydrogens (primary N) is 1. The highest BCUT2D eigenvalue weighted by atomic mass is 32.2. The van der Waals surface area contributed by atoms with Gasteiger partial charge in [-0.1, -0.05) is 0 Å². The molecule has 2 rings (SSSR count). The van der Waals surface area contributed by atoms with Gasteiger partial charge >= 0.3 is 0 Å². The van der Waals surface area contributed by atoms with Gasteiger partial charge < -0.3 is 30.9 Å². The summed E-state index contributed by atoms with van der Waals surface area (Å²) in [6.07, 6.45) is -7.79. The van der Waals surface area contributed by atoms with Crippen LogP contribution in [0.15, 0.2) is 29.2 Å². The Hall–Kier alpha value is -1.27. The van der Waals surface area contributed by atoms with Crippen LogP contribution >= 0.6 is 0 Å². The molecule has 1 aliphatic heterocycles. The lowest BCUT2D eigenvalue weighted by molar-refractivity contribution is -0.276. The maximum absolute atomic E-state index is 12.3. The van der Waals surface area contributed by atoms with Crippen molar-refractivity contribution >= 4 is 15.7 Å². The molecule has 0 aromatic heterocycles. The quantitative estimate of drug-likeness (QED) is 0.358. The molecule has 1 aliphatic rings. The van der Waals surface area contributed by atoms with Crippen molar-refractivity contribution in [1.82, 2.24) is 0 Å². The minimum absolute atomic E-state index is 0.00124. The first-order valence-electron chi connectivity index (χ1n) is 6.39. The number of nitrogens with one attached hydrogen (secondary N) is 1. The largest absolute Gasteiger partial charge is 0.399 e. The van der Waals surface area contributed by atoms with Gasteiger partial charge in [0.1, 0.15) is 24.4 Å². The van der Waals surface area contributed by atoms with Crippen LogP contribution in [-0.2, 0) is 18.9 Å². The van der Waals surface area contributed by atoms with E-state index in [1.807, 2.05) is 0 Å². The molecule has 22 heavy (non-hydrogen) atoms. The number of aliphatic hydroxyl groups is 4. The van der Waals surface area contributed by atoms with E-state index in [1.165, 1.54) is 24.3 Å². The zero-order chi connectivity index (χ0) is 16.5. The Morgan fingerprint density at radius 2 is 1.77 bits per heavy atom. The minimum Gasteiger partial charge on any atom is -0.399 e. The monoisotopic (exact) mass is 334 g/mol. The molecule has 7 N–H and O–H groups in total. The van der Waals surface area contributed by atoms with Crippen LogP contribution < -0.4 is 5.73 Å². The standard InChI is InChI=1S/C12H18N2O7S/c13-6-1-3-7(4-2-6)22(14,19)21-12-11(18)10(17)9(16)8(5-15)20-12/h1-4,8-12,14-18H,5,13H2/t8-,9-,10+,11-,12?,22?/m1/s1. The molecule has 0 aliphatic carbocycles. The first-order chi connectivity index (χ1) is 10.3. The summed E-state index contributed by atoms with van der Waals surface area (Å²) in [5.74, 6) is 0. The molecule has 0 spiro atoms. The minimum atomic E-state index is -3.80. The molecule has 1 fully saturated rings. The van der Waals surface area contributed by atoms with Crippen LogP contribution in [0.1, 0.15) is 0 Å². The molecule has 0 amide bonds.